The van der Waals surface area contributed by atoms with E-state index >= 15 is 0 Å². The highest BCUT2D eigenvalue weighted by atomic mass is 19.1. The molecule has 1 aromatic rings. The molecular formula is C16H18FNO3. The van der Waals surface area contributed by atoms with E-state index in [0.717, 1.165) is 24.8 Å². The molecule has 0 saturated heterocycles. The molecule has 112 valence electrons. The fraction of sp³-hybridized carbons (Fsp3) is 0.500. The van der Waals surface area contributed by atoms with Gasteiger partial charge in [0.1, 0.15) is 5.82 Å². The summed E-state index contributed by atoms with van der Waals surface area (Å²) < 4.78 is 13.3. The number of hydrogen-bond donors (Lipinski definition) is 2. The first-order valence-electron chi connectivity index (χ1n) is 7.27. The maximum atomic E-state index is 13.3. The van der Waals surface area contributed by atoms with Crippen LogP contribution in [0.15, 0.2) is 18.2 Å². The molecule has 4 unspecified atom stereocenters. The summed E-state index contributed by atoms with van der Waals surface area (Å²) in [6, 6.07) is 4.21. The standard InChI is InChI=1S/C16H18FNO3/c1-8-2-5-11(17)7-12(8)18-15(19)13-9-3-4-10(6-9)14(13)16(20)21/h2,5,7,9-10,13-14H,3-4,6H2,1H3,(H,18,19)(H,20,21). The largest absolute Gasteiger partial charge is 0.481 e. The lowest BCUT2D eigenvalue weighted by Crippen LogP contribution is -2.38. The zero-order chi connectivity index (χ0) is 15.1. The molecular weight excluding hydrogens is 273 g/mol. The fourth-order valence-corrected chi connectivity index (χ4v) is 3.97. The first kappa shape index (κ1) is 14.0. The number of carboxylic acids is 1. The molecule has 3 rings (SSSR count). The van der Waals surface area contributed by atoms with Gasteiger partial charge in [0.15, 0.2) is 0 Å². The van der Waals surface area contributed by atoms with Gasteiger partial charge in [0, 0.05) is 5.69 Å². The minimum atomic E-state index is -0.890. The maximum Gasteiger partial charge on any atom is 0.307 e. The third-order valence-corrected chi connectivity index (χ3v) is 4.96. The number of carboxylic acid groups (broad SMARTS) is 1. The zero-order valence-corrected chi connectivity index (χ0v) is 11.8. The van der Waals surface area contributed by atoms with E-state index in [4.69, 9.17) is 0 Å². The Bertz CT molecular complexity index is 601. The molecule has 0 heterocycles. The Labute approximate surface area is 122 Å². The Balaban J connectivity index is 1.81. The van der Waals surface area contributed by atoms with Crippen LogP contribution in [0.4, 0.5) is 10.1 Å². The maximum absolute atomic E-state index is 13.3. The van der Waals surface area contributed by atoms with E-state index in [9.17, 15) is 19.1 Å². The molecule has 0 spiro atoms. The van der Waals surface area contributed by atoms with E-state index < -0.39 is 23.6 Å². The van der Waals surface area contributed by atoms with E-state index in [1.807, 2.05) is 0 Å². The molecule has 0 radical (unpaired) electrons. The molecule has 4 nitrogen and oxygen atoms in total. The van der Waals surface area contributed by atoms with Crippen LogP contribution in [0.25, 0.3) is 0 Å². The van der Waals surface area contributed by atoms with Crippen molar-refractivity contribution in [2.45, 2.75) is 26.2 Å². The summed E-state index contributed by atoms with van der Waals surface area (Å²) >= 11 is 0. The number of anilines is 1. The second kappa shape index (κ2) is 5.13. The highest BCUT2D eigenvalue weighted by Gasteiger charge is 2.53. The molecule has 2 N–H and O–H groups in total. The van der Waals surface area contributed by atoms with E-state index in [-0.39, 0.29) is 17.7 Å². The summed E-state index contributed by atoms with van der Waals surface area (Å²) in [7, 11) is 0. The van der Waals surface area contributed by atoms with Crippen molar-refractivity contribution >= 4 is 17.6 Å². The minimum Gasteiger partial charge on any atom is -0.481 e. The zero-order valence-electron chi connectivity index (χ0n) is 11.8. The predicted octanol–water partition coefficient (Wildman–Crippen LogP) is 2.82. The van der Waals surface area contributed by atoms with Crippen LogP contribution in [0.2, 0.25) is 0 Å². The van der Waals surface area contributed by atoms with Crippen molar-refractivity contribution in [3.05, 3.63) is 29.6 Å². The van der Waals surface area contributed by atoms with Crippen molar-refractivity contribution in [3.8, 4) is 0 Å². The van der Waals surface area contributed by atoms with Gasteiger partial charge in [-0.15, -0.1) is 0 Å². The Morgan fingerprint density at radius 1 is 1.24 bits per heavy atom. The molecule has 1 aromatic carbocycles. The number of aryl methyl sites for hydroxylation is 1. The van der Waals surface area contributed by atoms with Gasteiger partial charge in [-0.2, -0.15) is 0 Å². The number of nitrogens with one attached hydrogen (secondary N) is 1. The minimum absolute atomic E-state index is 0.108. The van der Waals surface area contributed by atoms with E-state index in [1.54, 1.807) is 13.0 Å². The van der Waals surface area contributed by atoms with Gasteiger partial charge in [0.25, 0.3) is 0 Å². The lowest BCUT2D eigenvalue weighted by molar-refractivity contribution is -0.148. The van der Waals surface area contributed by atoms with Gasteiger partial charge in [0.05, 0.1) is 11.8 Å². The SMILES string of the molecule is Cc1ccc(F)cc1NC(=O)C1C2CCC(C2)C1C(=O)O. The smallest absolute Gasteiger partial charge is 0.307 e. The molecule has 2 fully saturated rings. The third kappa shape index (κ3) is 2.41. The second-order valence-electron chi connectivity index (χ2n) is 6.17. The van der Waals surface area contributed by atoms with Gasteiger partial charge >= 0.3 is 5.97 Å². The van der Waals surface area contributed by atoms with Crippen molar-refractivity contribution in [2.75, 3.05) is 5.32 Å². The molecule has 0 aromatic heterocycles. The fourth-order valence-electron chi connectivity index (χ4n) is 3.97. The van der Waals surface area contributed by atoms with Crippen LogP contribution in [0.3, 0.4) is 0 Å². The summed E-state index contributed by atoms with van der Waals surface area (Å²) in [5.74, 6) is -2.44. The molecule has 1 amide bonds. The molecule has 0 aliphatic heterocycles. The number of fused-ring (bicyclic) bond motifs is 2. The third-order valence-electron chi connectivity index (χ3n) is 4.96. The second-order valence-corrected chi connectivity index (χ2v) is 6.17. The van der Waals surface area contributed by atoms with Crippen molar-refractivity contribution in [1.82, 2.24) is 0 Å². The number of benzene rings is 1. The highest BCUT2D eigenvalue weighted by molar-refractivity contribution is 5.96. The van der Waals surface area contributed by atoms with Crippen molar-refractivity contribution < 1.29 is 19.1 Å². The number of rotatable bonds is 3. The molecule has 2 aliphatic carbocycles. The van der Waals surface area contributed by atoms with Crippen molar-refractivity contribution in [3.63, 3.8) is 0 Å². The Hall–Kier alpha value is -1.91. The van der Waals surface area contributed by atoms with Gasteiger partial charge in [-0.25, -0.2) is 4.39 Å². The van der Waals surface area contributed by atoms with Gasteiger partial charge in [-0.3, -0.25) is 9.59 Å². The Kier molecular flexibility index (Phi) is 3.43. The van der Waals surface area contributed by atoms with Crippen LogP contribution in [0.5, 0.6) is 0 Å². The van der Waals surface area contributed by atoms with E-state index in [1.165, 1.54) is 12.1 Å². The molecule has 21 heavy (non-hydrogen) atoms. The lowest BCUT2D eigenvalue weighted by atomic mass is 9.78. The number of hydrogen-bond acceptors (Lipinski definition) is 2. The quantitative estimate of drug-likeness (QED) is 0.900. The number of carbonyl (C=O) groups excluding carboxylic acids is 1. The summed E-state index contributed by atoms with van der Waals surface area (Å²) in [6.45, 7) is 1.78. The van der Waals surface area contributed by atoms with Crippen LogP contribution in [-0.4, -0.2) is 17.0 Å². The summed E-state index contributed by atoms with van der Waals surface area (Å²) in [6.07, 6.45) is 2.62. The average Bonchev–Trinajstić information content (AvgIpc) is 3.03. The highest BCUT2D eigenvalue weighted by Crippen LogP contribution is 2.52. The van der Waals surface area contributed by atoms with Crippen LogP contribution in [0.1, 0.15) is 24.8 Å². The number of amides is 1. The lowest BCUT2D eigenvalue weighted by Gasteiger charge is -2.27. The molecule has 2 saturated carbocycles. The summed E-state index contributed by atoms with van der Waals surface area (Å²) in [5, 5.41) is 12.1. The molecule has 4 atom stereocenters. The van der Waals surface area contributed by atoms with Crippen LogP contribution in [-0.2, 0) is 9.59 Å². The monoisotopic (exact) mass is 291 g/mol. The Morgan fingerprint density at radius 2 is 1.90 bits per heavy atom. The average molecular weight is 291 g/mol. The van der Waals surface area contributed by atoms with Crippen molar-refractivity contribution in [2.24, 2.45) is 23.7 Å². The number of halogens is 1. The summed E-state index contributed by atoms with van der Waals surface area (Å²) in [5.41, 5.74) is 1.19. The predicted molar refractivity (Wildman–Crippen MR) is 75.2 cm³/mol. The number of carbonyl (C=O) groups is 2. The number of aliphatic carboxylic acids is 1. The normalized spacial score (nSPS) is 30.4. The van der Waals surface area contributed by atoms with Crippen LogP contribution >= 0.6 is 0 Å². The van der Waals surface area contributed by atoms with Gasteiger partial charge < -0.3 is 10.4 Å². The van der Waals surface area contributed by atoms with Crippen LogP contribution < -0.4 is 5.32 Å². The topological polar surface area (TPSA) is 66.4 Å². The van der Waals surface area contributed by atoms with Gasteiger partial charge in [-0.1, -0.05) is 6.07 Å². The van der Waals surface area contributed by atoms with Gasteiger partial charge in [-0.05, 0) is 55.7 Å². The van der Waals surface area contributed by atoms with E-state index in [2.05, 4.69) is 5.32 Å². The van der Waals surface area contributed by atoms with Gasteiger partial charge in [0.2, 0.25) is 5.91 Å². The summed E-state index contributed by atoms with van der Waals surface area (Å²) in [4.78, 5) is 23.9. The Morgan fingerprint density at radius 3 is 2.57 bits per heavy atom. The van der Waals surface area contributed by atoms with Crippen LogP contribution in [0, 0.1) is 36.4 Å². The molecule has 2 aliphatic rings. The molecule has 5 heteroatoms. The first-order valence-corrected chi connectivity index (χ1v) is 7.27. The van der Waals surface area contributed by atoms with Crippen molar-refractivity contribution in [1.29, 1.82) is 0 Å². The molecule has 2 bridgehead atoms. The first-order chi connectivity index (χ1) is 9.97. The van der Waals surface area contributed by atoms with E-state index in [0.29, 0.717) is 5.69 Å².